The lowest BCUT2D eigenvalue weighted by Crippen LogP contribution is -2.45. The molecule has 0 spiro atoms. The smallest absolute Gasteiger partial charge is 0.255 e. The van der Waals surface area contributed by atoms with Crippen molar-refractivity contribution < 1.29 is 4.79 Å². The lowest BCUT2D eigenvalue weighted by Gasteiger charge is -2.36. The largest absolute Gasteiger partial charge is 0.322 e. The van der Waals surface area contributed by atoms with Crippen LogP contribution in [0.2, 0.25) is 0 Å². The SMILES string of the molecule is Cc1ccc(C(=O)Nc2ccc3c(c2)CCC3N2CCN(C)CC2)cc1C. The molecule has 4 heteroatoms. The normalized spacial score (nSPS) is 20.5. The minimum absolute atomic E-state index is 0.0355. The Kier molecular flexibility index (Phi) is 5.02. The van der Waals surface area contributed by atoms with Gasteiger partial charge in [0.1, 0.15) is 0 Å². The van der Waals surface area contributed by atoms with Crippen LogP contribution in [-0.2, 0) is 6.42 Å². The van der Waals surface area contributed by atoms with Crippen molar-refractivity contribution in [2.75, 3.05) is 38.5 Å². The number of aryl methyl sites for hydroxylation is 3. The van der Waals surface area contributed by atoms with Crippen molar-refractivity contribution in [3.63, 3.8) is 0 Å². The third kappa shape index (κ3) is 3.78. The fourth-order valence-electron chi connectivity index (χ4n) is 4.27. The van der Waals surface area contributed by atoms with E-state index in [0.29, 0.717) is 11.6 Å². The lowest BCUT2D eigenvalue weighted by atomic mass is 10.0. The molecule has 1 fully saturated rings. The van der Waals surface area contributed by atoms with E-state index in [4.69, 9.17) is 0 Å². The van der Waals surface area contributed by atoms with Crippen LogP contribution in [0.15, 0.2) is 36.4 Å². The minimum Gasteiger partial charge on any atom is -0.322 e. The number of anilines is 1. The quantitative estimate of drug-likeness (QED) is 0.901. The molecule has 1 heterocycles. The fourth-order valence-corrected chi connectivity index (χ4v) is 4.27. The molecule has 0 saturated carbocycles. The topological polar surface area (TPSA) is 35.6 Å². The molecular formula is C23H29N3O. The van der Waals surface area contributed by atoms with Crippen LogP contribution in [-0.4, -0.2) is 48.9 Å². The van der Waals surface area contributed by atoms with Gasteiger partial charge in [-0.15, -0.1) is 0 Å². The Morgan fingerprint density at radius 1 is 1.00 bits per heavy atom. The second-order valence-electron chi connectivity index (χ2n) is 8.06. The van der Waals surface area contributed by atoms with Gasteiger partial charge >= 0.3 is 0 Å². The number of nitrogens with one attached hydrogen (secondary N) is 1. The van der Waals surface area contributed by atoms with Crippen LogP contribution in [0.5, 0.6) is 0 Å². The highest BCUT2D eigenvalue weighted by atomic mass is 16.1. The summed E-state index contributed by atoms with van der Waals surface area (Å²) in [5, 5.41) is 3.08. The van der Waals surface area contributed by atoms with Gasteiger partial charge in [0.25, 0.3) is 5.91 Å². The second kappa shape index (κ2) is 7.45. The van der Waals surface area contributed by atoms with E-state index in [9.17, 15) is 4.79 Å². The molecule has 1 amide bonds. The lowest BCUT2D eigenvalue weighted by molar-refractivity contribution is 0.102. The van der Waals surface area contributed by atoms with Gasteiger partial charge in [-0.25, -0.2) is 0 Å². The number of amides is 1. The van der Waals surface area contributed by atoms with Crippen molar-refractivity contribution in [3.05, 3.63) is 64.2 Å². The number of nitrogens with zero attached hydrogens (tertiary/aromatic N) is 2. The summed E-state index contributed by atoms with van der Waals surface area (Å²) in [7, 11) is 2.20. The van der Waals surface area contributed by atoms with Gasteiger partial charge in [-0.1, -0.05) is 12.1 Å². The summed E-state index contributed by atoms with van der Waals surface area (Å²) in [6, 6.07) is 12.9. The van der Waals surface area contributed by atoms with E-state index in [2.05, 4.69) is 47.3 Å². The van der Waals surface area contributed by atoms with E-state index < -0.39 is 0 Å². The molecule has 0 aromatic heterocycles. The first kappa shape index (κ1) is 18.2. The van der Waals surface area contributed by atoms with Gasteiger partial charge in [0.15, 0.2) is 0 Å². The molecule has 142 valence electrons. The first-order valence-electron chi connectivity index (χ1n) is 9.95. The number of hydrogen-bond acceptors (Lipinski definition) is 3. The average molecular weight is 364 g/mol. The number of fused-ring (bicyclic) bond motifs is 1. The maximum absolute atomic E-state index is 12.6. The molecule has 2 aromatic carbocycles. The summed E-state index contributed by atoms with van der Waals surface area (Å²) in [6.07, 6.45) is 2.29. The van der Waals surface area contributed by atoms with E-state index >= 15 is 0 Å². The van der Waals surface area contributed by atoms with E-state index in [1.807, 2.05) is 25.1 Å². The zero-order valence-electron chi connectivity index (χ0n) is 16.6. The molecule has 0 radical (unpaired) electrons. The molecule has 2 aromatic rings. The molecule has 2 aliphatic rings. The Hall–Kier alpha value is -2.17. The number of piperazine rings is 1. The Bertz CT molecular complexity index is 853. The van der Waals surface area contributed by atoms with E-state index in [-0.39, 0.29) is 5.91 Å². The summed E-state index contributed by atoms with van der Waals surface area (Å²) in [6.45, 7) is 8.69. The Morgan fingerprint density at radius 2 is 1.78 bits per heavy atom. The summed E-state index contributed by atoms with van der Waals surface area (Å²) in [5.41, 5.74) is 6.80. The summed E-state index contributed by atoms with van der Waals surface area (Å²) < 4.78 is 0. The van der Waals surface area contributed by atoms with Crippen LogP contribution in [0.4, 0.5) is 5.69 Å². The zero-order chi connectivity index (χ0) is 19.0. The standard InChI is InChI=1S/C23H29N3O/c1-16-4-5-19(14-17(16)2)23(27)24-20-7-8-21-18(15-20)6-9-22(21)26-12-10-25(3)11-13-26/h4-5,7-8,14-15,22H,6,9-13H2,1-3H3,(H,24,27). The maximum atomic E-state index is 12.6. The number of carbonyl (C=O) groups excluding carboxylic acids is 1. The highest BCUT2D eigenvalue weighted by Gasteiger charge is 2.29. The number of likely N-dealkylation sites (N-methyl/N-ethyl adjacent to an activating group) is 1. The second-order valence-corrected chi connectivity index (χ2v) is 8.06. The zero-order valence-corrected chi connectivity index (χ0v) is 16.6. The van der Waals surface area contributed by atoms with Crippen LogP contribution in [0.3, 0.4) is 0 Å². The van der Waals surface area contributed by atoms with Crippen LogP contribution in [0.1, 0.15) is 45.1 Å². The van der Waals surface area contributed by atoms with Gasteiger partial charge in [-0.2, -0.15) is 0 Å². The van der Waals surface area contributed by atoms with Gasteiger partial charge in [-0.3, -0.25) is 9.69 Å². The molecule has 0 bridgehead atoms. The van der Waals surface area contributed by atoms with E-state index in [1.54, 1.807) is 0 Å². The van der Waals surface area contributed by atoms with Gasteiger partial charge < -0.3 is 10.2 Å². The molecule has 1 unspecified atom stereocenters. The maximum Gasteiger partial charge on any atom is 0.255 e. The predicted octanol–water partition coefficient (Wildman–Crippen LogP) is 3.79. The van der Waals surface area contributed by atoms with Crippen molar-refractivity contribution in [1.82, 2.24) is 9.80 Å². The van der Waals surface area contributed by atoms with Crippen molar-refractivity contribution in [1.29, 1.82) is 0 Å². The van der Waals surface area contributed by atoms with Crippen molar-refractivity contribution in [3.8, 4) is 0 Å². The first-order chi connectivity index (χ1) is 13.0. The summed E-state index contributed by atoms with van der Waals surface area (Å²) in [5.74, 6) is -0.0355. The Morgan fingerprint density at radius 3 is 2.52 bits per heavy atom. The molecule has 1 N–H and O–H groups in total. The third-order valence-electron chi connectivity index (χ3n) is 6.19. The molecule has 4 rings (SSSR count). The first-order valence-corrected chi connectivity index (χ1v) is 9.95. The number of hydrogen-bond donors (Lipinski definition) is 1. The fraction of sp³-hybridized carbons (Fsp3) is 0.435. The van der Waals surface area contributed by atoms with Gasteiger partial charge in [0.2, 0.25) is 0 Å². The molecule has 1 aliphatic carbocycles. The van der Waals surface area contributed by atoms with Gasteiger partial charge in [-0.05, 0) is 80.3 Å². The molecule has 4 nitrogen and oxygen atoms in total. The molecule has 1 aliphatic heterocycles. The third-order valence-corrected chi connectivity index (χ3v) is 6.19. The number of benzene rings is 2. The summed E-state index contributed by atoms with van der Waals surface area (Å²) >= 11 is 0. The summed E-state index contributed by atoms with van der Waals surface area (Å²) in [4.78, 5) is 17.6. The molecule has 1 saturated heterocycles. The average Bonchev–Trinajstić information content (AvgIpc) is 3.08. The van der Waals surface area contributed by atoms with Crippen LogP contribution in [0.25, 0.3) is 0 Å². The van der Waals surface area contributed by atoms with Crippen LogP contribution >= 0.6 is 0 Å². The molecule has 27 heavy (non-hydrogen) atoms. The number of carbonyl (C=O) groups is 1. The van der Waals surface area contributed by atoms with Crippen molar-refractivity contribution >= 4 is 11.6 Å². The molecule has 1 atom stereocenters. The van der Waals surface area contributed by atoms with Crippen molar-refractivity contribution in [2.24, 2.45) is 0 Å². The number of rotatable bonds is 3. The van der Waals surface area contributed by atoms with Gasteiger partial charge in [0.05, 0.1) is 0 Å². The minimum atomic E-state index is -0.0355. The Balaban J connectivity index is 1.47. The van der Waals surface area contributed by atoms with Crippen LogP contribution in [0, 0.1) is 13.8 Å². The predicted molar refractivity (Wildman–Crippen MR) is 110 cm³/mol. The van der Waals surface area contributed by atoms with Crippen molar-refractivity contribution in [2.45, 2.75) is 32.7 Å². The van der Waals surface area contributed by atoms with Gasteiger partial charge in [0, 0.05) is 43.5 Å². The highest BCUT2D eigenvalue weighted by molar-refractivity contribution is 6.04. The van der Waals surface area contributed by atoms with Crippen LogP contribution < -0.4 is 5.32 Å². The Labute approximate surface area is 162 Å². The van der Waals surface area contributed by atoms with E-state index in [0.717, 1.165) is 43.9 Å². The molecular weight excluding hydrogens is 334 g/mol. The van der Waals surface area contributed by atoms with E-state index in [1.165, 1.54) is 23.1 Å². The monoisotopic (exact) mass is 363 g/mol. The highest BCUT2D eigenvalue weighted by Crippen LogP contribution is 2.37.